The van der Waals surface area contributed by atoms with Crippen molar-refractivity contribution >= 4 is 11.6 Å². The van der Waals surface area contributed by atoms with Gasteiger partial charge in [-0.15, -0.1) is 0 Å². The summed E-state index contributed by atoms with van der Waals surface area (Å²) in [6.07, 6.45) is 4.52. The number of hydrogen-bond donors (Lipinski definition) is 2. The number of rotatable bonds is 5. The van der Waals surface area contributed by atoms with Crippen LogP contribution < -0.4 is 16.0 Å². The van der Waals surface area contributed by atoms with E-state index < -0.39 is 0 Å². The van der Waals surface area contributed by atoms with Crippen molar-refractivity contribution in [3.8, 4) is 5.75 Å². The van der Waals surface area contributed by atoms with E-state index >= 15 is 0 Å². The minimum absolute atomic E-state index is 0.291. The first-order chi connectivity index (χ1) is 9.19. The fraction of sp³-hybridized carbons (Fsp3) is 0.600. The van der Waals surface area contributed by atoms with Crippen molar-refractivity contribution in [2.75, 3.05) is 6.61 Å². The first kappa shape index (κ1) is 13.2. The molecule has 1 aliphatic carbocycles. The van der Waals surface area contributed by atoms with E-state index in [1.165, 1.54) is 24.0 Å². The summed E-state index contributed by atoms with van der Waals surface area (Å²) in [7, 11) is 0. The first-order valence-corrected chi connectivity index (χ1v) is 7.47. The Kier molecular flexibility index (Phi) is 3.70. The molecule has 2 unspecified atom stereocenters. The van der Waals surface area contributed by atoms with E-state index in [1.807, 2.05) is 12.1 Å². The average Bonchev–Trinajstić information content (AvgIpc) is 3.14. The third-order valence-corrected chi connectivity index (χ3v) is 4.70. The van der Waals surface area contributed by atoms with Gasteiger partial charge in [-0.05, 0) is 54.4 Å². The van der Waals surface area contributed by atoms with E-state index in [2.05, 4.69) is 12.3 Å². The Labute approximate surface area is 119 Å². The van der Waals surface area contributed by atoms with Gasteiger partial charge in [0.05, 0.1) is 6.61 Å². The van der Waals surface area contributed by atoms with Gasteiger partial charge in [-0.3, -0.25) is 11.3 Å². The van der Waals surface area contributed by atoms with Crippen molar-refractivity contribution in [3.63, 3.8) is 0 Å². The van der Waals surface area contributed by atoms with Crippen LogP contribution in [0.15, 0.2) is 12.1 Å². The van der Waals surface area contributed by atoms with Crippen LogP contribution in [-0.4, -0.2) is 12.6 Å². The lowest BCUT2D eigenvalue weighted by Crippen LogP contribution is -2.42. The normalized spacial score (nSPS) is 20.8. The Balaban J connectivity index is 1.81. The molecule has 1 aliphatic heterocycles. The smallest absolute Gasteiger partial charge is 0.125 e. The fourth-order valence-electron chi connectivity index (χ4n) is 3.08. The van der Waals surface area contributed by atoms with Crippen LogP contribution in [0.5, 0.6) is 5.75 Å². The molecule has 1 aromatic rings. The van der Waals surface area contributed by atoms with E-state index in [0.29, 0.717) is 12.0 Å². The van der Waals surface area contributed by atoms with Crippen LogP contribution in [0.3, 0.4) is 0 Å². The highest BCUT2D eigenvalue weighted by atomic mass is 35.5. The number of nitrogens with two attached hydrogens (primary N) is 1. The SMILES string of the molecule is CC(C1CC1)C(Cc1cc(Cl)cc2c1OCC2)NN. The molecule has 3 nitrogen and oxygen atoms in total. The van der Waals surface area contributed by atoms with Crippen LogP contribution in [0.25, 0.3) is 0 Å². The molecule has 2 aliphatic rings. The molecular formula is C15H21ClN2O. The van der Waals surface area contributed by atoms with E-state index in [1.54, 1.807) is 0 Å². The van der Waals surface area contributed by atoms with Crippen molar-refractivity contribution in [2.24, 2.45) is 17.7 Å². The van der Waals surface area contributed by atoms with Gasteiger partial charge in [0.25, 0.3) is 0 Å². The first-order valence-electron chi connectivity index (χ1n) is 7.09. The lowest BCUT2D eigenvalue weighted by Gasteiger charge is -2.24. The van der Waals surface area contributed by atoms with Crippen LogP contribution in [0, 0.1) is 11.8 Å². The van der Waals surface area contributed by atoms with Crippen LogP contribution in [0.4, 0.5) is 0 Å². The Bertz CT molecular complexity index is 473. The predicted molar refractivity (Wildman–Crippen MR) is 77.4 cm³/mol. The maximum absolute atomic E-state index is 6.20. The van der Waals surface area contributed by atoms with Crippen LogP contribution >= 0.6 is 11.6 Å². The molecule has 3 N–H and O–H groups in total. The molecule has 19 heavy (non-hydrogen) atoms. The molecule has 1 heterocycles. The number of benzene rings is 1. The molecule has 104 valence electrons. The zero-order valence-corrected chi connectivity index (χ0v) is 12.0. The van der Waals surface area contributed by atoms with Crippen LogP contribution in [0.2, 0.25) is 5.02 Å². The summed E-state index contributed by atoms with van der Waals surface area (Å²) in [6, 6.07) is 4.33. The number of halogens is 1. The maximum atomic E-state index is 6.20. The topological polar surface area (TPSA) is 47.3 Å². The number of nitrogens with one attached hydrogen (secondary N) is 1. The zero-order valence-electron chi connectivity index (χ0n) is 11.3. The molecular weight excluding hydrogens is 260 g/mol. The van der Waals surface area contributed by atoms with Gasteiger partial charge in [-0.25, -0.2) is 0 Å². The van der Waals surface area contributed by atoms with Gasteiger partial charge >= 0.3 is 0 Å². The van der Waals surface area contributed by atoms with Gasteiger partial charge in [0.2, 0.25) is 0 Å². The lowest BCUT2D eigenvalue weighted by molar-refractivity contribution is 0.329. The molecule has 0 spiro atoms. The molecule has 0 aromatic heterocycles. The molecule has 0 saturated heterocycles. The number of ether oxygens (including phenoxy) is 1. The minimum atomic E-state index is 0.291. The Hall–Kier alpha value is -0.770. The summed E-state index contributed by atoms with van der Waals surface area (Å²) in [5.74, 6) is 8.21. The van der Waals surface area contributed by atoms with Gasteiger partial charge in [0.1, 0.15) is 5.75 Å². The molecule has 0 radical (unpaired) electrons. The number of hydrogen-bond acceptors (Lipinski definition) is 3. The second kappa shape index (κ2) is 5.31. The molecule has 1 aromatic carbocycles. The standard InChI is InChI=1S/C15H21ClN2O/c1-9(10-2-3-10)14(18-17)8-12-7-13(16)6-11-4-5-19-15(11)12/h6-7,9-10,14,18H,2-5,8,17H2,1H3. The highest BCUT2D eigenvalue weighted by molar-refractivity contribution is 6.30. The third kappa shape index (κ3) is 2.73. The molecule has 3 rings (SSSR count). The zero-order chi connectivity index (χ0) is 13.4. The predicted octanol–water partition coefficient (Wildman–Crippen LogP) is 2.70. The minimum Gasteiger partial charge on any atom is -0.493 e. The van der Waals surface area contributed by atoms with Gasteiger partial charge in [-0.2, -0.15) is 0 Å². The fourth-order valence-corrected chi connectivity index (χ4v) is 3.35. The largest absolute Gasteiger partial charge is 0.493 e. The molecule has 4 heteroatoms. The van der Waals surface area contributed by atoms with Crippen molar-refractivity contribution < 1.29 is 4.74 Å². The summed E-state index contributed by atoms with van der Waals surface area (Å²) in [4.78, 5) is 0. The lowest BCUT2D eigenvalue weighted by atomic mass is 9.91. The van der Waals surface area contributed by atoms with Crippen molar-refractivity contribution in [2.45, 2.75) is 38.6 Å². The van der Waals surface area contributed by atoms with E-state index in [0.717, 1.165) is 36.1 Å². The quantitative estimate of drug-likeness (QED) is 0.644. The summed E-state index contributed by atoms with van der Waals surface area (Å²) in [5.41, 5.74) is 5.41. The van der Waals surface area contributed by atoms with Crippen LogP contribution in [-0.2, 0) is 12.8 Å². The van der Waals surface area contributed by atoms with Crippen LogP contribution in [0.1, 0.15) is 30.9 Å². The number of fused-ring (bicyclic) bond motifs is 1. The molecule has 0 amide bonds. The Morgan fingerprint density at radius 3 is 2.95 bits per heavy atom. The summed E-state index contributed by atoms with van der Waals surface area (Å²) in [6.45, 7) is 3.05. The second-order valence-corrected chi connectivity index (χ2v) is 6.26. The third-order valence-electron chi connectivity index (χ3n) is 4.48. The van der Waals surface area contributed by atoms with E-state index in [4.69, 9.17) is 22.2 Å². The Morgan fingerprint density at radius 1 is 1.47 bits per heavy atom. The summed E-state index contributed by atoms with van der Waals surface area (Å²) < 4.78 is 5.76. The van der Waals surface area contributed by atoms with Crippen molar-refractivity contribution in [1.82, 2.24) is 5.43 Å². The van der Waals surface area contributed by atoms with Gasteiger partial charge in [0.15, 0.2) is 0 Å². The van der Waals surface area contributed by atoms with E-state index in [-0.39, 0.29) is 0 Å². The van der Waals surface area contributed by atoms with Gasteiger partial charge in [0, 0.05) is 17.5 Å². The van der Waals surface area contributed by atoms with Crippen molar-refractivity contribution in [1.29, 1.82) is 0 Å². The second-order valence-electron chi connectivity index (χ2n) is 5.83. The maximum Gasteiger partial charge on any atom is 0.125 e. The molecule has 0 bridgehead atoms. The van der Waals surface area contributed by atoms with Gasteiger partial charge in [-0.1, -0.05) is 18.5 Å². The highest BCUT2D eigenvalue weighted by Crippen LogP contribution is 2.40. The average molecular weight is 281 g/mol. The highest BCUT2D eigenvalue weighted by Gasteiger charge is 2.33. The monoisotopic (exact) mass is 280 g/mol. The number of hydrazine groups is 1. The van der Waals surface area contributed by atoms with Crippen molar-refractivity contribution in [3.05, 3.63) is 28.3 Å². The summed E-state index contributed by atoms with van der Waals surface area (Å²) >= 11 is 6.20. The van der Waals surface area contributed by atoms with E-state index in [9.17, 15) is 0 Å². The summed E-state index contributed by atoms with van der Waals surface area (Å²) in [5, 5.41) is 0.800. The Morgan fingerprint density at radius 2 is 2.26 bits per heavy atom. The molecule has 1 fully saturated rings. The van der Waals surface area contributed by atoms with Gasteiger partial charge < -0.3 is 4.74 Å². The molecule has 1 saturated carbocycles. The molecule has 2 atom stereocenters.